The number of amides is 1. The molecule has 3 nitrogen and oxygen atoms in total. The van der Waals surface area contributed by atoms with Gasteiger partial charge in [-0.2, -0.15) is 0 Å². The Morgan fingerprint density at radius 1 is 1.50 bits per heavy atom. The van der Waals surface area contributed by atoms with Gasteiger partial charge in [0, 0.05) is 13.1 Å². The highest BCUT2D eigenvalue weighted by molar-refractivity contribution is 5.97. The Hall–Kier alpha value is -1.77. The van der Waals surface area contributed by atoms with Gasteiger partial charge in [0.1, 0.15) is 5.75 Å². The number of methoxy groups -OCH3 is 1. The van der Waals surface area contributed by atoms with Crippen molar-refractivity contribution in [1.29, 1.82) is 0 Å². The highest BCUT2D eigenvalue weighted by Gasteiger charge is 2.16. The zero-order valence-electron chi connectivity index (χ0n) is 9.77. The molecule has 0 aromatic heterocycles. The van der Waals surface area contributed by atoms with Crippen molar-refractivity contribution < 1.29 is 9.53 Å². The first kappa shape index (κ1) is 12.3. The summed E-state index contributed by atoms with van der Waals surface area (Å²) in [4.78, 5) is 13.9. The molecule has 0 saturated carbocycles. The smallest absolute Gasteiger partial charge is 0.257 e. The van der Waals surface area contributed by atoms with E-state index in [9.17, 15) is 4.79 Å². The van der Waals surface area contributed by atoms with E-state index in [1.807, 2.05) is 19.1 Å². The van der Waals surface area contributed by atoms with Crippen LogP contribution in [0, 0.1) is 0 Å². The summed E-state index contributed by atoms with van der Waals surface area (Å²) in [6.45, 7) is 6.79. The first-order valence-corrected chi connectivity index (χ1v) is 5.27. The molecule has 1 rings (SSSR count). The Morgan fingerprint density at radius 3 is 2.75 bits per heavy atom. The maximum absolute atomic E-state index is 12.1. The Morgan fingerprint density at radius 2 is 2.19 bits per heavy atom. The van der Waals surface area contributed by atoms with Gasteiger partial charge in [-0.3, -0.25) is 4.79 Å². The molecule has 0 atom stereocenters. The molecule has 0 bridgehead atoms. The van der Waals surface area contributed by atoms with Crippen LogP contribution in [0.4, 0.5) is 0 Å². The molecular weight excluding hydrogens is 202 g/mol. The van der Waals surface area contributed by atoms with Gasteiger partial charge in [0.2, 0.25) is 0 Å². The highest BCUT2D eigenvalue weighted by Crippen LogP contribution is 2.19. The van der Waals surface area contributed by atoms with Crippen LogP contribution in [-0.2, 0) is 0 Å². The van der Waals surface area contributed by atoms with Gasteiger partial charge in [-0.25, -0.2) is 0 Å². The third kappa shape index (κ3) is 2.63. The topological polar surface area (TPSA) is 29.5 Å². The largest absolute Gasteiger partial charge is 0.496 e. The van der Waals surface area contributed by atoms with E-state index < -0.39 is 0 Å². The normalized spacial score (nSPS) is 9.62. The molecule has 0 aliphatic heterocycles. The molecular formula is C13H17NO2. The Kier molecular flexibility index (Phi) is 4.58. The minimum absolute atomic E-state index is 0.0279. The van der Waals surface area contributed by atoms with Crippen molar-refractivity contribution in [2.24, 2.45) is 0 Å². The molecule has 1 amide bonds. The summed E-state index contributed by atoms with van der Waals surface area (Å²) in [5.74, 6) is 0.579. The lowest BCUT2D eigenvalue weighted by molar-refractivity contribution is 0.0779. The van der Waals surface area contributed by atoms with E-state index in [1.54, 1.807) is 30.2 Å². The van der Waals surface area contributed by atoms with Crippen LogP contribution in [0.1, 0.15) is 17.3 Å². The maximum atomic E-state index is 12.1. The summed E-state index contributed by atoms with van der Waals surface area (Å²) in [6, 6.07) is 7.23. The Labute approximate surface area is 96.3 Å². The van der Waals surface area contributed by atoms with E-state index in [2.05, 4.69) is 6.58 Å². The molecule has 86 valence electrons. The van der Waals surface area contributed by atoms with Crippen LogP contribution in [0.3, 0.4) is 0 Å². The molecule has 0 aliphatic carbocycles. The van der Waals surface area contributed by atoms with Crippen LogP contribution in [0.25, 0.3) is 0 Å². The van der Waals surface area contributed by atoms with Crippen molar-refractivity contribution in [1.82, 2.24) is 4.90 Å². The first-order chi connectivity index (χ1) is 7.74. The lowest BCUT2D eigenvalue weighted by Gasteiger charge is -2.20. The van der Waals surface area contributed by atoms with Crippen LogP contribution in [-0.4, -0.2) is 31.0 Å². The maximum Gasteiger partial charge on any atom is 0.257 e. The fourth-order valence-electron chi connectivity index (χ4n) is 1.50. The van der Waals surface area contributed by atoms with Crippen molar-refractivity contribution in [2.45, 2.75) is 6.92 Å². The zero-order chi connectivity index (χ0) is 12.0. The van der Waals surface area contributed by atoms with Crippen LogP contribution in [0.2, 0.25) is 0 Å². The average molecular weight is 219 g/mol. The summed E-state index contributed by atoms with van der Waals surface area (Å²) >= 11 is 0. The molecule has 0 fully saturated rings. The molecule has 1 aromatic carbocycles. The number of benzene rings is 1. The summed E-state index contributed by atoms with van der Waals surface area (Å²) in [5.41, 5.74) is 0.591. The number of carbonyl (C=O) groups excluding carboxylic acids is 1. The van der Waals surface area contributed by atoms with Gasteiger partial charge in [-0.05, 0) is 19.1 Å². The van der Waals surface area contributed by atoms with E-state index in [-0.39, 0.29) is 5.91 Å². The van der Waals surface area contributed by atoms with Crippen LogP contribution < -0.4 is 4.74 Å². The monoisotopic (exact) mass is 219 g/mol. The summed E-state index contributed by atoms with van der Waals surface area (Å²) in [5, 5.41) is 0. The zero-order valence-corrected chi connectivity index (χ0v) is 9.77. The second-order valence-electron chi connectivity index (χ2n) is 3.33. The number of ether oxygens (including phenoxy) is 1. The standard InChI is InChI=1S/C13H17NO2/c1-4-10-14(5-2)13(15)11-8-6-7-9-12(11)16-3/h4,6-9H,1,5,10H2,2-3H3. The number of hydrogen-bond donors (Lipinski definition) is 0. The molecule has 0 spiro atoms. The molecule has 0 heterocycles. The van der Waals surface area contributed by atoms with Crippen molar-refractivity contribution in [2.75, 3.05) is 20.2 Å². The lowest BCUT2D eigenvalue weighted by atomic mass is 10.1. The second-order valence-corrected chi connectivity index (χ2v) is 3.33. The van der Waals surface area contributed by atoms with Crippen LogP contribution >= 0.6 is 0 Å². The Balaban J connectivity index is 2.98. The van der Waals surface area contributed by atoms with Crippen molar-refractivity contribution in [3.05, 3.63) is 42.5 Å². The van der Waals surface area contributed by atoms with Crippen LogP contribution in [0.15, 0.2) is 36.9 Å². The first-order valence-electron chi connectivity index (χ1n) is 5.27. The summed E-state index contributed by atoms with van der Waals surface area (Å²) in [6.07, 6.45) is 1.72. The fourth-order valence-corrected chi connectivity index (χ4v) is 1.50. The molecule has 1 aromatic rings. The molecule has 0 radical (unpaired) electrons. The number of carbonyl (C=O) groups is 1. The number of rotatable bonds is 5. The van der Waals surface area contributed by atoms with E-state index in [1.165, 1.54) is 0 Å². The number of nitrogens with zero attached hydrogens (tertiary/aromatic N) is 1. The van der Waals surface area contributed by atoms with Gasteiger partial charge in [0.15, 0.2) is 0 Å². The molecule has 16 heavy (non-hydrogen) atoms. The molecule has 0 N–H and O–H groups in total. The van der Waals surface area contributed by atoms with Gasteiger partial charge in [-0.1, -0.05) is 18.2 Å². The number of para-hydroxylation sites is 1. The van der Waals surface area contributed by atoms with Crippen LogP contribution in [0.5, 0.6) is 5.75 Å². The van der Waals surface area contributed by atoms with Gasteiger partial charge in [0.05, 0.1) is 12.7 Å². The molecule has 0 aliphatic rings. The number of hydrogen-bond acceptors (Lipinski definition) is 2. The quantitative estimate of drug-likeness (QED) is 0.711. The summed E-state index contributed by atoms with van der Waals surface area (Å²) < 4.78 is 5.17. The SMILES string of the molecule is C=CCN(CC)C(=O)c1ccccc1OC. The van der Waals surface area contributed by atoms with E-state index in [0.717, 1.165) is 0 Å². The third-order valence-electron chi connectivity index (χ3n) is 2.36. The van der Waals surface area contributed by atoms with Gasteiger partial charge < -0.3 is 9.64 Å². The lowest BCUT2D eigenvalue weighted by Crippen LogP contribution is -2.31. The fraction of sp³-hybridized carbons (Fsp3) is 0.308. The van der Waals surface area contributed by atoms with E-state index in [4.69, 9.17) is 4.74 Å². The predicted molar refractivity (Wildman–Crippen MR) is 64.8 cm³/mol. The predicted octanol–water partition coefficient (Wildman–Crippen LogP) is 2.34. The second kappa shape index (κ2) is 5.95. The summed E-state index contributed by atoms with van der Waals surface area (Å²) in [7, 11) is 1.57. The molecule has 0 unspecified atom stereocenters. The minimum Gasteiger partial charge on any atom is -0.496 e. The van der Waals surface area contributed by atoms with Crippen molar-refractivity contribution in [3.8, 4) is 5.75 Å². The van der Waals surface area contributed by atoms with Gasteiger partial charge >= 0.3 is 0 Å². The van der Waals surface area contributed by atoms with E-state index >= 15 is 0 Å². The third-order valence-corrected chi connectivity index (χ3v) is 2.36. The average Bonchev–Trinajstić information content (AvgIpc) is 2.35. The highest BCUT2D eigenvalue weighted by atomic mass is 16.5. The Bertz CT molecular complexity index is 374. The molecule has 0 saturated heterocycles. The number of likely N-dealkylation sites (N-methyl/N-ethyl adjacent to an activating group) is 1. The van der Waals surface area contributed by atoms with Gasteiger partial charge in [0.25, 0.3) is 5.91 Å². The minimum atomic E-state index is -0.0279. The molecule has 3 heteroatoms. The van der Waals surface area contributed by atoms with Crippen molar-refractivity contribution in [3.63, 3.8) is 0 Å². The van der Waals surface area contributed by atoms with Gasteiger partial charge in [-0.15, -0.1) is 6.58 Å². The van der Waals surface area contributed by atoms with Crippen molar-refractivity contribution >= 4 is 5.91 Å². The van der Waals surface area contributed by atoms with E-state index in [0.29, 0.717) is 24.4 Å².